The predicted octanol–water partition coefficient (Wildman–Crippen LogP) is 1.60. The first-order valence-corrected chi connectivity index (χ1v) is 7.53. The van der Waals surface area contributed by atoms with Crippen molar-refractivity contribution >= 4 is 17.4 Å². The molecule has 0 aromatic carbocycles. The zero-order valence-corrected chi connectivity index (χ0v) is 12.1. The van der Waals surface area contributed by atoms with E-state index in [1.807, 2.05) is 13.1 Å². The van der Waals surface area contributed by atoms with Crippen LogP contribution in [0.4, 0.5) is 4.79 Å². The molecule has 0 unspecified atom stereocenters. The fourth-order valence-electron chi connectivity index (χ4n) is 2.46. The maximum atomic E-state index is 11.8. The summed E-state index contributed by atoms with van der Waals surface area (Å²) < 4.78 is 0. The number of hydrogen-bond donors (Lipinski definition) is 3. The van der Waals surface area contributed by atoms with Gasteiger partial charge in [-0.05, 0) is 19.8 Å². The number of nitrogens with one attached hydrogen (secondary N) is 2. The number of carbonyl (C=O) groups is 1. The molecular weight excluding hydrogens is 262 g/mol. The Balaban J connectivity index is 1.72. The summed E-state index contributed by atoms with van der Waals surface area (Å²) in [6.07, 6.45) is 6.46. The van der Waals surface area contributed by atoms with Crippen LogP contribution in [0.5, 0.6) is 0 Å². The molecule has 1 aliphatic carbocycles. The Hall–Kier alpha value is -1.14. The number of urea groups is 1. The average molecular weight is 283 g/mol. The third-order valence-electron chi connectivity index (χ3n) is 3.54. The molecule has 2 rings (SSSR count). The van der Waals surface area contributed by atoms with E-state index < -0.39 is 5.54 Å². The molecule has 3 N–H and O–H groups in total. The first kappa shape index (κ1) is 14.3. The monoisotopic (exact) mass is 283 g/mol. The minimum absolute atomic E-state index is 0.0199. The third-order valence-corrected chi connectivity index (χ3v) is 4.51. The number of aromatic nitrogens is 1. The van der Waals surface area contributed by atoms with Crippen LogP contribution >= 0.6 is 11.3 Å². The number of amides is 2. The maximum absolute atomic E-state index is 11.8. The highest BCUT2D eigenvalue weighted by Crippen LogP contribution is 2.28. The van der Waals surface area contributed by atoms with Crippen LogP contribution in [0.1, 0.15) is 35.6 Å². The smallest absolute Gasteiger partial charge is 0.315 e. The number of aliphatic hydroxyl groups excluding tert-OH is 1. The number of carbonyl (C=O) groups excluding carboxylic acids is 1. The van der Waals surface area contributed by atoms with Crippen LogP contribution in [0.15, 0.2) is 6.20 Å². The van der Waals surface area contributed by atoms with Crippen molar-refractivity contribution in [2.24, 2.45) is 0 Å². The lowest BCUT2D eigenvalue weighted by Crippen LogP contribution is -2.53. The second-order valence-electron chi connectivity index (χ2n) is 5.14. The number of aliphatic hydroxyl groups is 1. The molecule has 6 heteroatoms. The van der Waals surface area contributed by atoms with E-state index in [4.69, 9.17) is 0 Å². The Morgan fingerprint density at radius 3 is 2.84 bits per heavy atom. The molecule has 0 aliphatic heterocycles. The van der Waals surface area contributed by atoms with E-state index >= 15 is 0 Å². The molecule has 1 aromatic rings. The zero-order chi connectivity index (χ0) is 13.7. The molecule has 0 saturated heterocycles. The third kappa shape index (κ3) is 3.91. The van der Waals surface area contributed by atoms with Gasteiger partial charge in [-0.15, -0.1) is 11.3 Å². The average Bonchev–Trinajstić information content (AvgIpc) is 2.99. The van der Waals surface area contributed by atoms with Gasteiger partial charge in [-0.25, -0.2) is 9.78 Å². The fourth-order valence-corrected chi connectivity index (χ4v) is 3.25. The molecule has 0 spiro atoms. The van der Waals surface area contributed by atoms with Crippen molar-refractivity contribution in [3.63, 3.8) is 0 Å². The van der Waals surface area contributed by atoms with Gasteiger partial charge in [0.1, 0.15) is 0 Å². The first-order chi connectivity index (χ1) is 9.13. The van der Waals surface area contributed by atoms with Gasteiger partial charge in [0.05, 0.1) is 17.2 Å². The van der Waals surface area contributed by atoms with Gasteiger partial charge in [0, 0.05) is 24.0 Å². The Morgan fingerprint density at radius 2 is 2.26 bits per heavy atom. The van der Waals surface area contributed by atoms with E-state index in [0.717, 1.165) is 37.1 Å². The van der Waals surface area contributed by atoms with Gasteiger partial charge in [0.15, 0.2) is 0 Å². The van der Waals surface area contributed by atoms with Crippen LogP contribution in [0.2, 0.25) is 0 Å². The summed E-state index contributed by atoms with van der Waals surface area (Å²) in [7, 11) is 0. The van der Waals surface area contributed by atoms with Crippen LogP contribution in [0.3, 0.4) is 0 Å². The summed E-state index contributed by atoms with van der Waals surface area (Å²) in [4.78, 5) is 17.2. The highest BCUT2D eigenvalue weighted by atomic mass is 32.1. The summed E-state index contributed by atoms with van der Waals surface area (Å²) in [5, 5.41) is 16.2. The molecule has 5 nitrogen and oxygen atoms in total. The van der Waals surface area contributed by atoms with Gasteiger partial charge in [-0.3, -0.25) is 0 Å². The summed E-state index contributed by atoms with van der Waals surface area (Å²) in [6.45, 7) is 2.61. The maximum Gasteiger partial charge on any atom is 0.315 e. The van der Waals surface area contributed by atoms with Gasteiger partial charge in [0.2, 0.25) is 0 Å². The summed E-state index contributed by atoms with van der Waals surface area (Å²) in [5.41, 5.74) is -0.401. The Kier molecular flexibility index (Phi) is 4.76. The van der Waals surface area contributed by atoms with Crippen molar-refractivity contribution in [1.82, 2.24) is 15.6 Å². The van der Waals surface area contributed by atoms with Crippen LogP contribution in [-0.2, 0) is 6.42 Å². The van der Waals surface area contributed by atoms with Gasteiger partial charge >= 0.3 is 6.03 Å². The van der Waals surface area contributed by atoms with Crippen LogP contribution in [0, 0.1) is 6.92 Å². The molecular formula is C13H21N3O2S. The van der Waals surface area contributed by atoms with Crippen LogP contribution in [0.25, 0.3) is 0 Å². The molecule has 1 aliphatic rings. The van der Waals surface area contributed by atoms with Gasteiger partial charge in [-0.1, -0.05) is 12.8 Å². The molecule has 1 heterocycles. The van der Waals surface area contributed by atoms with Crippen molar-refractivity contribution in [1.29, 1.82) is 0 Å². The molecule has 106 valence electrons. The number of rotatable bonds is 5. The van der Waals surface area contributed by atoms with Gasteiger partial charge in [0.25, 0.3) is 0 Å². The molecule has 19 heavy (non-hydrogen) atoms. The summed E-state index contributed by atoms with van der Waals surface area (Å²) in [6, 6.07) is -0.191. The lowest BCUT2D eigenvalue weighted by molar-refractivity contribution is 0.163. The topological polar surface area (TPSA) is 74.2 Å². The van der Waals surface area contributed by atoms with E-state index in [2.05, 4.69) is 15.6 Å². The summed E-state index contributed by atoms with van der Waals surface area (Å²) >= 11 is 1.65. The van der Waals surface area contributed by atoms with E-state index in [1.54, 1.807) is 11.3 Å². The van der Waals surface area contributed by atoms with E-state index in [9.17, 15) is 9.90 Å². The number of nitrogens with zero attached hydrogens (tertiary/aromatic N) is 1. The molecule has 0 radical (unpaired) electrons. The minimum atomic E-state index is -0.401. The SMILES string of the molecule is Cc1cnc(CCNC(=O)NC2(CO)CCCC2)s1. The van der Waals surface area contributed by atoms with Crippen molar-refractivity contribution in [3.8, 4) is 0 Å². The largest absolute Gasteiger partial charge is 0.394 e. The van der Waals surface area contributed by atoms with Gasteiger partial charge < -0.3 is 15.7 Å². The van der Waals surface area contributed by atoms with Crippen molar-refractivity contribution in [2.75, 3.05) is 13.2 Å². The normalized spacial score (nSPS) is 17.4. The molecule has 0 atom stereocenters. The summed E-state index contributed by atoms with van der Waals surface area (Å²) in [5.74, 6) is 0. The van der Waals surface area contributed by atoms with E-state index in [-0.39, 0.29) is 12.6 Å². The molecule has 1 aromatic heterocycles. The highest BCUT2D eigenvalue weighted by Gasteiger charge is 2.34. The molecule has 1 fully saturated rings. The lowest BCUT2D eigenvalue weighted by atomic mass is 9.99. The molecule has 2 amide bonds. The zero-order valence-electron chi connectivity index (χ0n) is 11.2. The lowest BCUT2D eigenvalue weighted by Gasteiger charge is -2.27. The number of hydrogen-bond acceptors (Lipinski definition) is 4. The molecule has 1 saturated carbocycles. The van der Waals surface area contributed by atoms with Crippen LogP contribution in [-0.4, -0.2) is 34.8 Å². The van der Waals surface area contributed by atoms with Crippen molar-refractivity contribution < 1.29 is 9.90 Å². The highest BCUT2D eigenvalue weighted by molar-refractivity contribution is 7.11. The van der Waals surface area contributed by atoms with Gasteiger partial charge in [-0.2, -0.15) is 0 Å². The Labute approximate surface area is 117 Å². The quantitative estimate of drug-likeness (QED) is 0.768. The van der Waals surface area contributed by atoms with E-state index in [1.165, 1.54) is 4.88 Å². The predicted molar refractivity (Wildman–Crippen MR) is 75.4 cm³/mol. The Bertz CT molecular complexity index is 427. The number of thiazole rings is 1. The second-order valence-corrected chi connectivity index (χ2v) is 6.46. The fraction of sp³-hybridized carbons (Fsp3) is 0.692. The minimum Gasteiger partial charge on any atom is -0.394 e. The Morgan fingerprint density at radius 1 is 1.53 bits per heavy atom. The standard InChI is InChI=1S/C13H21N3O2S/c1-10-8-15-11(19-10)4-7-14-12(18)16-13(9-17)5-2-3-6-13/h8,17H,2-7,9H2,1H3,(H2,14,16,18). The molecule has 0 bridgehead atoms. The van der Waals surface area contributed by atoms with Crippen molar-refractivity contribution in [3.05, 3.63) is 16.1 Å². The second kappa shape index (κ2) is 6.34. The van der Waals surface area contributed by atoms with E-state index in [0.29, 0.717) is 6.54 Å². The first-order valence-electron chi connectivity index (χ1n) is 6.72. The van der Waals surface area contributed by atoms with Crippen molar-refractivity contribution in [2.45, 2.75) is 44.6 Å². The number of aryl methyl sites for hydroxylation is 1. The van der Waals surface area contributed by atoms with Crippen LogP contribution < -0.4 is 10.6 Å².